The molecule has 0 amide bonds. The van der Waals surface area contributed by atoms with E-state index in [0.717, 1.165) is 29.2 Å². The molecule has 0 aliphatic rings. The van der Waals surface area contributed by atoms with Gasteiger partial charge in [-0.05, 0) is 37.5 Å². The van der Waals surface area contributed by atoms with E-state index in [-0.39, 0.29) is 6.04 Å². The molecule has 0 fully saturated rings. The number of rotatable bonds is 5. The van der Waals surface area contributed by atoms with Crippen LogP contribution in [0.2, 0.25) is 0 Å². The van der Waals surface area contributed by atoms with Crippen LogP contribution in [0.5, 0.6) is 0 Å². The van der Waals surface area contributed by atoms with Crippen LogP contribution < -0.4 is 11.1 Å². The van der Waals surface area contributed by atoms with E-state index in [2.05, 4.69) is 36.3 Å². The predicted octanol–water partition coefficient (Wildman–Crippen LogP) is 3.45. The predicted molar refractivity (Wildman–Crippen MR) is 82.3 cm³/mol. The monoisotopic (exact) mass is 275 g/mol. The van der Waals surface area contributed by atoms with Crippen LogP contribution >= 0.6 is 11.3 Å². The van der Waals surface area contributed by atoms with Crippen LogP contribution in [0.3, 0.4) is 0 Å². The molecule has 1 aromatic heterocycles. The lowest BCUT2D eigenvalue weighted by molar-refractivity contribution is 0.572. The summed E-state index contributed by atoms with van der Waals surface area (Å²) in [6.07, 6.45) is 3.03. The van der Waals surface area contributed by atoms with Crippen LogP contribution in [0.4, 0.5) is 5.69 Å². The van der Waals surface area contributed by atoms with Gasteiger partial charge in [-0.3, -0.25) is 0 Å². The highest BCUT2D eigenvalue weighted by Gasteiger charge is 2.09. The van der Waals surface area contributed by atoms with Gasteiger partial charge in [0.15, 0.2) is 0 Å². The molecule has 4 heteroatoms. The molecule has 0 saturated heterocycles. The molecular formula is C15H21N3S. The third kappa shape index (κ3) is 3.55. The van der Waals surface area contributed by atoms with E-state index in [1.165, 1.54) is 10.4 Å². The number of nitrogen functional groups attached to an aromatic ring is 1. The number of aryl methyl sites for hydroxylation is 2. The fourth-order valence-electron chi connectivity index (χ4n) is 1.89. The van der Waals surface area contributed by atoms with E-state index in [9.17, 15) is 0 Å². The summed E-state index contributed by atoms with van der Waals surface area (Å²) < 4.78 is 0. The number of nitrogens with two attached hydrogens (primary N) is 1. The number of nitrogens with one attached hydrogen (secondary N) is 1. The summed E-state index contributed by atoms with van der Waals surface area (Å²) in [5.74, 6) is 0. The Morgan fingerprint density at radius 2 is 2.21 bits per heavy atom. The maximum atomic E-state index is 5.83. The second kappa shape index (κ2) is 6.17. The number of aromatic nitrogens is 1. The molecule has 19 heavy (non-hydrogen) atoms. The average molecular weight is 275 g/mol. The average Bonchev–Trinajstić information content (AvgIpc) is 2.88. The molecule has 0 saturated carbocycles. The lowest BCUT2D eigenvalue weighted by Gasteiger charge is -2.12. The first-order valence-corrected chi connectivity index (χ1v) is 7.44. The summed E-state index contributed by atoms with van der Waals surface area (Å²) in [5, 5.41) is 4.66. The van der Waals surface area contributed by atoms with E-state index in [4.69, 9.17) is 5.73 Å². The minimum Gasteiger partial charge on any atom is -0.399 e. The first-order chi connectivity index (χ1) is 9.10. The highest BCUT2D eigenvalue weighted by molar-refractivity contribution is 7.11. The lowest BCUT2D eigenvalue weighted by atomic mass is 10.1. The number of hydrogen-bond acceptors (Lipinski definition) is 4. The summed E-state index contributed by atoms with van der Waals surface area (Å²) in [6.45, 7) is 7.19. The molecule has 0 aliphatic carbocycles. The molecule has 1 unspecified atom stereocenters. The van der Waals surface area contributed by atoms with Crippen LogP contribution in [0.15, 0.2) is 24.4 Å². The molecule has 2 rings (SSSR count). The first-order valence-electron chi connectivity index (χ1n) is 6.63. The van der Waals surface area contributed by atoms with Crippen LogP contribution in [0.25, 0.3) is 0 Å². The zero-order valence-electron chi connectivity index (χ0n) is 11.7. The molecule has 0 aliphatic heterocycles. The third-order valence-corrected chi connectivity index (χ3v) is 4.56. The van der Waals surface area contributed by atoms with Crippen molar-refractivity contribution in [2.75, 3.05) is 5.73 Å². The quantitative estimate of drug-likeness (QED) is 0.822. The first kappa shape index (κ1) is 14.0. The van der Waals surface area contributed by atoms with Crippen molar-refractivity contribution in [1.29, 1.82) is 0 Å². The van der Waals surface area contributed by atoms with Crippen LogP contribution in [0, 0.1) is 6.92 Å². The minimum absolute atomic E-state index is 0.281. The summed E-state index contributed by atoms with van der Waals surface area (Å²) in [5.41, 5.74) is 9.07. The van der Waals surface area contributed by atoms with Crippen molar-refractivity contribution in [3.8, 4) is 0 Å². The maximum absolute atomic E-state index is 5.83. The molecule has 0 bridgehead atoms. The van der Waals surface area contributed by atoms with Gasteiger partial charge in [-0.1, -0.05) is 19.1 Å². The van der Waals surface area contributed by atoms with Gasteiger partial charge < -0.3 is 11.1 Å². The van der Waals surface area contributed by atoms with Crippen molar-refractivity contribution in [1.82, 2.24) is 10.3 Å². The summed E-state index contributed by atoms with van der Waals surface area (Å²) >= 11 is 1.79. The Morgan fingerprint density at radius 3 is 2.84 bits per heavy atom. The van der Waals surface area contributed by atoms with Gasteiger partial charge in [0.25, 0.3) is 0 Å². The number of benzene rings is 1. The highest BCUT2D eigenvalue weighted by Crippen LogP contribution is 2.21. The highest BCUT2D eigenvalue weighted by atomic mass is 32.1. The maximum Gasteiger partial charge on any atom is 0.109 e. The molecule has 0 spiro atoms. The van der Waals surface area contributed by atoms with E-state index >= 15 is 0 Å². The van der Waals surface area contributed by atoms with E-state index in [1.54, 1.807) is 11.3 Å². The van der Waals surface area contributed by atoms with Crippen molar-refractivity contribution in [2.45, 2.75) is 39.8 Å². The van der Waals surface area contributed by atoms with Crippen LogP contribution in [-0.4, -0.2) is 4.98 Å². The molecule has 2 aromatic rings. The van der Waals surface area contributed by atoms with Crippen molar-refractivity contribution in [2.24, 2.45) is 0 Å². The molecule has 102 valence electrons. The van der Waals surface area contributed by atoms with E-state index in [1.807, 2.05) is 19.2 Å². The molecule has 1 atom stereocenters. The Hall–Kier alpha value is -1.39. The minimum atomic E-state index is 0.281. The Labute approximate surface area is 118 Å². The normalized spacial score (nSPS) is 12.6. The van der Waals surface area contributed by atoms with Gasteiger partial charge in [-0.15, -0.1) is 11.3 Å². The van der Waals surface area contributed by atoms with Gasteiger partial charge in [-0.2, -0.15) is 0 Å². The fourth-order valence-corrected chi connectivity index (χ4v) is 2.78. The Kier molecular flexibility index (Phi) is 4.56. The molecule has 3 nitrogen and oxygen atoms in total. The Morgan fingerprint density at radius 1 is 1.42 bits per heavy atom. The van der Waals surface area contributed by atoms with Gasteiger partial charge >= 0.3 is 0 Å². The fraction of sp³-hybridized carbons (Fsp3) is 0.400. The van der Waals surface area contributed by atoms with Gasteiger partial charge in [-0.25, -0.2) is 4.98 Å². The second-order valence-electron chi connectivity index (χ2n) is 4.81. The molecular weight excluding hydrogens is 254 g/mol. The summed E-state index contributed by atoms with van der Waals surface area (Å²) in [4.78, 5) is 5.81. The molecule has 1 aromatic carbocycles. The zero-order valence-corrected chi connectivity index (χ0v) is 12.6. The Bertz CT molecular complexity index is 548. The zero-order chi connectivity index (χ0) is 13.8. The second-order valence-corrected chi connectivity index (χ2v) is 5.96. The van der Waals surface area contributed by atoms with Crippen LogP contribution in [0.1, 0.15) is 40.9 Å². The van der Waals surface area contributed by atoms with Crippen molar-refractivity contribution >= 4 is 17.0 Å². The van der Waals surface area contributed by atoms with Gasteiger partial charge in [0.2, 0.25) is 0 Å². The summed E-state index contributed by atoms with van der Waals surface area (Å²) in [7, 11) is 0. The number of hydrogen-bond donors (Lipinski definition) is 2. The smallest absolute Gasteiger partial charge is 0.109 e. The molecule has 1 heterocycles. The van der Waals surface area contributed by atoms with E-state index in [0.29, 0.717) is 0 Å². The SMILES string of the molecule is CCc1cnc(C(C)NCc2ccc(N)c(C)c2)s1. The van der Waals surface area contributed by atoms with Gasteiger partial charge in [0.1, 0.15) is 5.01 Å². The summed E-state index contributed by atoms with van der Waals surface area (Å²) in [6, 6.07) is 6.45. The van der Waals surface area contributed by atoms with Crippen LogP contribution in [-0.2, 0) is 13.0 Å². The Balaban J connectivity index is 1.95. The standard InChI is InChI=1S/C15H21N3S/c1-4-13-9-18-15(19-13)11(3)17-8-12-5-6-14(16)10(2)7-12/h5-7,9,11,17H,4,8,16H2,1-3H3. The van der Waals surface area contributed by atoms with Crippen molar-refractivity contribution < 1.29 is 0 Å². The number of thiazole rings is 1. The molecule has 3 N–H and O–H groups in total. The lowest BCUT2D eigenvalue weighted by Crippen LogP contribution is -2.18. The van der Waals surface area contributed by atoms with Crippen molar-refractivity contribution in [3.63, 3.8) is 0 Å². The third-order valence-electron chi connectivity index (χ3n) is 3.24. The van der Waals surface area contributed by atoms with Crippen molar-refractivity contribution in [3.05, 3.63) is 45.4 Å². The topological polar surface area (TPSA) is 50.9 Å². The molecule has 0 radical (unpaired) electrons. The van der Waals surface area contributed by atoms with Gasteiger partial charge in [0.05, 0.1) is 6.04 Å². The number of nitrogens with zero attached hydrogens (tertiary/aromatic N) is 1. The largest absolute Gasteiger partial charge is 0.399 e. The van der Waals surface area contributed by atoms with Gasteiger partial charge in [0, 0.05) is 23.3 Å². The number of anilines is 1. The van der Waals surface area contributed by atoms with E-state index < -0.39 is 0 Å².